The first-order valence-corrected chi connectivity index (χ1v) is 7.38. The number of aromatic amines is 1. The summed E-state index contributed by atoms with van der Waals surface area (Å²) < 4.78 is 26.1. The number of rotatable bonds is 4. The lowest BCUT2D eigenvalue weighted by Crippen LogP contribution is -2.17. The molecule has 0 unspecified atom stereocenters. The van der Waals surface area contributed by atoms with E-state index < -0.39 is 16.0 Å². The van der Waals surface area contributed by atoms with Crippen molar-refractivity contribution in [2.24, 2.45) is 0 Å². The van der Waals surface area contributed by atoms with Crippen LogP contribution < -0.4 is 4.72 Å². The quantitative estimate of drug-likeness (QED) is 0.794. The Morgan fingerprint density at radius 2 is 2.05 bits per heavy atom. The van der Waals surface area contributed by atoms with Crippen LogP contribution in [0.25, 0.3) is 10.9 Å². The highest BCUT2D eigenvalue weighted by atomic mass is 32.2. The van der Waals surface area contributed by atoms with E-state index in [0.29, 0.717) is 29.4 Å². The topological polar surface area (TPSA) is 99.3 Å². The van der Waals surface area contributed by atoms with Crippen molar-refractivity contribution in [2.45, 2.75) is 18.1 Å². The molecule has 7 heteroatoms. The van der Waals surface area contributed by atoms with Crippen LogP contribution in [0.4, 0.5) is 5.69 Å². The van der Waals surface area contributed by atoms with Crippen molar-refractivity contribution < 1.29 is 18.3 Å². The molecule has 6 nitrogen and oxygen atoms in total. The van der Waals surface area contributed by atoms with Crippen LogP contribution in [0.3, 0.4) is 0 Å². The van der Waals surface area contributed by atoms with Crippen LogP contribution >= 0.6 is 0 Å². The standard InChI is InChI=1S/C12H12N2O4S/c15-12(16)11-6-7-5-8(1-4-10(7)13-11)14-19(17,18)9-2-3-9/h1,4-6,9,13-14H,2-3H2,(H,15,16). The van der Waals surface area contributed by atoms with Gasteiger partial charge in [0, 0.05) is 16.6 Å². The number of anilines is 1. The van der Waals surface area contributed by atoms with E-state index in [1.807, 2.05) is 0 Å². The zero-order valence-corrected chi connectivity index (χ0v) is 10.7. The van der Waals surface area contributed by atoms with E-state index in [1.54, 1.807) is 18.2 Å². The van der Waals surface area contributed by atoms with E-state index in [9.17, 15) is 13.2 Å². The van der Waals surface area contributed by atoms with E-state index in [1.165, 1.54) is 6.07 Å². The third-order valence-corrected chi connectivity index (χ3v) is 4.94. The van der Waals surface area contributed by atoms with Gasteiger partial charge in [0.05, 0.1) is 5.25 Å². The second kappa shape index (κ2) is 3.99. The summed E-state index contributed by atoms with van der Waals surface area (Å²) >= 11 is 0. The number of carboxylic acid groups (broad SMARTS) is 1. The second-order valence-electron chi connectivity index (χ2n) is 4.64. The Morgan fingerprint density at radius 1 is 1.32 bits per heavy atom. The average Bonchev–Trinajstić information content (AvgIpc) is 3.09. The molecule has 1 heterocycles. The fraction of sp³-hybridized carbons (Fsp3) is 0.250. The predicted octanol–water partition coefficient (Wildman–Crippen LogP) is 1.77. The molecule has 19 heavy (non-hydrogen) atoms. The lowest BCUT2D eigenvalue weighted by atomic mass is 10.2. The number of hydrogen-bond donors (Lipinski definition) is 3. The van der Waals surface area contributed by atoms with Crippen LogP contribution in [0.5, 0.6) is 0 Å². The Labute approximate surface area is 109 Å². The zero-order chi connectivity index (χ0) is 13.6. The second-order valence-corrected chi connectivity index (χ2v) is 6.60. The molecule has 2 aromatic rings. The molecule has 0 radical (unpaired) electrons. The van der Waals surface area contributed by atoms with Gasteiger partial charge < -0.3 is 10.1 Å². The molecule has 0 atom stereocenters. The molecule has 1 fully saturated rings. The number of carboxylic acids is 1. The van der Waals surface area contributed by atoms with E-state index >= 15 is 0 Å². The van der Waals surface area contributed by atoms with Gasteiger partial charge in [-0.05, 0) is 37.1 Å². The summed E-state index contributed by atoms with van der Waals surface area (Å²) in [5, 5.41) is 9.25. The molecule has 100 valence electrons. The van der Waals surface area contributed by atoms with Gasteiger partial charge in [-0.3, -0.25) is 4.72 Å². The first-order valence-electron chi connectivity index (χ1n) is 5.83. The summed E-state index contributed by atoms with van der Waals surface area (Å²) in [6.45, 7) is 0. The van der Waals surface area contributed by atoms with Crippen LogP contribution in [0.2, 0.25) is 0 Å². The zero-order valence-electron chi connectivity index (χ0n) is 9.88. The Balaban J connectivity index is 1.95. The normalized spacial score (nSPS) is 15.6. The minimum atomic E-state index is -3.29. The first-order chi connectivity index (χ1) is 8.95. The van der Waals surface area contributed by atoms with Gasteiger partial charge in [-0.2, -0.15) is 0 Å². The third kappa shape index (κ3) is 2.28. The molecule has 0 saturated heterocycles. The Kier molecular flexibility index (Phi) is 2.53. The monoisotopic (exact) mass is 280 g/mol. The number of sulfonamides is 1. The molecule has 3 rings (SSSR count). The minimum Gasteiger partial charge on any atom is -0.477 e. The van der Waals surface area contributed by atoms with Gasteiger partial charge in [-0.25, -0.2) is 13.2 Å². The maximum Gasteiger partial charge on any atom is 0.352 e. The summed E-state index contributed by atoms with van der Waals surface area (Å²) in [5.74, 6) is -1.05. The van der Waals surface area contributed by atoms with Crippen molar-refractivity contribution in [1.29, 1.82) is 0 Å². The van der Waals surface area contributed by atoms with Crippen LogP contribution in [0, 0.1) is 0 Å². The van der Waals surface area contributed by atoms with Crippen LogP contribution in [-0.2, 0) is 10.0 Å². The average molecular weight is 280 g/mol. The number of hydrogen-bond acceptors (Lipinski definition) is 3. The number of aromatic carboxylic acids is 1. The van der Waals surface area contributed by atoms with Crippen LogP contribution in [0.1, 0.15) is 23.3 Å². The molecule has 0 spiro atoms. The number of H-pyrrole nitrogens is 1. The van der Waals surface area contributed by atoms with Crippen molar-refractivity contribution in [1.82, 2.24) is 4.98 Å². The molecular weight excluding hydrogens is 268 g/mol. The van der Waals surface area contributed by atoms with Crippen molar-refractivity contribution >= 4 is 32.6 Å². The van der Waals surface area contributed by atoms with Gasteiger partial charge in [-0.1, -0.05) is 0 Å². The SMILES string of the molecule is O=C(O)c1cc2cc(NS(=O)(=O)C3CC3)ccc2[nH]1. The molecule has 1 aliphatic carbocycles. The third-order valence-electron chi connectivity index (χ3n) is 3.07. The number of benzene rings is 1. The number of nitrogens with one attached hydrogen (secondary N) is 2. The summed E-state index contributed by atoms with van der Waals surface area (Å²) in [4.78, 5) is 13.6. The van der Waals surface area contributed by atoms with E-state index in [4.69, 9.17) is 5.11 Å². The smallest absolute Gasteiger partial charge is 0.352 e. The minimum absolute atomic E-state index is 0.0807. The Hall–Kier alpha value is -2.02. The Bertz CT molecular complexity index is 759. The van der Waals surface area contributed by atoms with Gasteiger partial charge in [0.25, 0.3) is 0 Å². The number of fused-ring (bicyclic) bond motifs is 1. The lowest BCUT2D eigenvalue weighted by molar-refractivity contribution is 0.0691. The molecule has 0 bridgehead atoms. The summed E-state index contributed by atoms with van der Waals surface area (Å²) in [6, 6.07) is 6.38. The maximum atomic E-state index is 11.8. The van der Waals surface area contributed by atoms with Crippen molar-refractivity contribution in [2.75, 3.05) is 4.72 Å². The lowest BCUT2D eigenvalue weighted by Gasteiger charge is -2.06. The molecule has 1 saturated carbocycles. The van der Waals surface area contributed by atoms with Crippen LogP contribution in [0.15, 0.2) is 24.3 Å². The van der Waals surface area contributed by atoms with Gasteiger partial charge in [0.2, 0.25) is 10.0 Å². The van der Waals surface area contributed by atoms with Gasteiger partial charge in [0.1, 0.15) is 5.69 Å². The highest BCUT2D eigenvalue weighted by molar-refractivity contribution is 7.93. The molecule has 1 aromatic carbocycles. The highest BCUT2D eigenvalue weighted by Gasteiger charge is 2.35. The fourth-order valence-corrected chi connectivity index (χ4v) is 3.32. The molecule has 0 amide bonds. The molecule has 1 aromatic heterocycles. The molecule has 3 N–H and O–H groups in total. The molecule has 1 aliphatic rings. The van der Waals surface area contributed by atoms with Crippen molar-refractivity contribution in [3.8, 4) is 0 Å². The van der Waals surface area contributed by atoms with Crippen LogP contribution in [-0.4, -0.2) is 29.7 Å². The number of aromatic nitrogens is 1. The number of carbonyl (C=O) groups is 1. The summed E-state index contributed by atoms with van der Waals surface area (Å²) in [7, 11) is -3.29. The van der Waals surface area contributed by atoms with E-state index in [2.05, 4.69) is 9.71 Å². The summed E-state index contributed by atoms with van der Waals surface area (Å²) in [6.07, 6.45) is 1.40. The van der Waals surface area contributed by atoms with Gasteiger partial charge in [-0.15, -0.1) is 0 Å². The van der Waals surface area contributed by atoms with E-state index in [0.717, 1.165) is 0 Å². The predicted molar refractivity (Wildman–Crippen MR) is 70.8 cm³/mol. The Morgan fingerprint density at radius 3 is 2.68 bits per heavy atom. The molecule has 0 aliphatic heterocycles. The first kappa shape index (κ1) is 12.0. The largest absolute Gasteiger partial charge is 0.477 e. The van der Waals surface area contributed by atoms with E-state index in [-0.39, 0.29) is 10.9 Å². The highest BCUT2D eigenvalue weighted by Crippen LogP contribution is 2.30. The van der Waals surface area contributed by atoms with Crippen molar-refractivity contribution in [3.63, 3.8) is 0 Å². The summed E-state index contributed by atoms with van der Waals surface area (Å²) in [5.41, 5.74) is 1.19. The van der Waals surface area contributed by atoms with Gasteiger partial charge >= 0.3 is 5.97 Å². The van der Waals surface area contributed by atoms with Crippen molar-refractivity contribution in [3.05, 3.63) is 30.0 Å². The van der Waals surface area contributed by atoms with Gasteiger partial charge in [0.15, 0.2) is 0 Å². The fourth-order valence-electron chi connectivity index (χ4n) is 1.94. The molecular formula is C12H12N2O4S. The maximum absolute atomic E-state index is 11.8.